The van der Waals surface area contributed by atoms with Gasteiger partial charge in [0.1, 0.15) is 12.4 Å². The van der Waals surface area contributed by atoms with E-state index in [0.29, 0.717) is 24.8 Å². The summed E-state index contributed by atoms with van der Waals surface area (Å²) in [6.07, 6.45) is 2.31. The van der Waals surface area contributed by atoms with Gasteiger partial charge in [0.05, 0.1) is 0 Å². The summed E-state index contributed by atoms with van der Waals surface area (Å²) in [7, 11) is 0. The van der Waals surface area contributed by atoms with E-state index in [0.717, 1.165) is 24.3 Å². The third-order valence-electron chi connectivity index (χ3n) is 4.07. The molecule has 2 N–H and O–H groups in total. The van der Waals surface area contributed by atoms with Gasteiger partial charge < -0.3 is 15.4 Å². The normalized spacial score (nSPS) is 17.0. The monoisotopic (exact) mass is 310 g/mol. The third-order valence-corrected chi connectivity index (χ3v) is 4.07. The van der Waals surface area contributed by atoms with Gasteiger partial charge in [0.15, 0.2) is 0 Å². The summed E-state index contributed by atoms with van der Waals surface area (Å²) >= 11 is 0. The Morgan fingerprint density at radius 3 is 2.70 bits per heavy atom. The van der Waals surface area contributed by atoms with E-state index in [1.54, 1.807) is 0 Å². The Kier molecular flexibility index (Phi) is 5.27. The minimum absolute atomic E-state index is 0.0361. The molecule has 0 saturated carbocycles. The lowest BCUT2D eigenvalue weighted by Crippen LogP contribution is -2.37. The van der Waals surface area contributed by atoms with Crippen molar-refractivity contribution in [2.24, 2.45) is 0 Å². The largest absolute Gasteiger partial charge is 0.489 e. The SMILES string of the molecule is O=C(NCC1CCCN1)c1ccccc1COc1ccccc1. The first-order valence-electron chi connectivity index (χ1n) is 8.10. The van der Waals surface area contributed by atoms with E-state index in [9.17, 15) is 4.79 Å². The van der Waals surface area contributed by atoms with E-state index in [1.165, 1.54) is 6.42 Å². The molecule has 1 amide bonds. The highest BCUT2D eigenvalue weighted by molar-refractivity contribution is 5.95. The molecule has 2 aromatic rings. The number of carbonyl (C=O) groups excluding carboxylic acids is 1. The van der Waals surface area contributed by atoms with E-state index in [4.69, 9.17) is 4.74 Å². The number of hydrogen-bond donors (Lipinski definition) is 2. The number of nitrogens with one attached hydrogen (secondary N) is 2. The lowest BCUT2D eigenvalue weighted by Gasteiger charge is -2.14. The summed E-state index contributed by atoms with van der Waals surface area (Å²) in [4.78, 5) is 12.4. The van der Waals surface area contributed by atoms with E-state index in [-0.39, 0.29) is 5.91 Å². The molecule has 0 radical (unpaired) electrons. The second-order valence-corrected chi connectivity index (χ2v) is 5.76. The summed E-state index contributed by atoms with van der Waals surface area (Å²) < 4.78 is 5.77. The molecular formula is C19H22N2O2. The Balaban J connectivity index is 1.61. The van der Waals surface area contributed by atoms with Crippen LogP contribution in [0, 0.1) is 0 Å². The lowest BCUT2D eigenvalue weighted by molar-refractivity contribution is 0.0948. The van der Waals surface area contributed by atoms with Gasteiger partial charge in [0, 0.05) is 23.7 Å². The molecule has 23 heavy (non-hydrogen) atoms. The van der Waals surface area contributed by atoms with Gasteiger partial charge in [-0.2, -0.15) is 0 Å². The molecule has 1 aliphatic rings. The molecule has 0 bridgehead atoms. The van der Waals surface area contributed by atoms with E-state index >= 15 is 0 Å². The average molecular weight is 310 g/mol. The molecule has 1 unspecified atom stereocenters. The maximum absolute atomic E-state index is 12.4. The molecule has 0 aromatic heterocycles. The summed E-state index contributed by atoms with van der Waals surface area (Å²) in [5, 5.41) is 6.41. The standard InChI is InChI=1S/C19H22N2O2/c22-19(21-13-16-8-6-12-20-16)18-11-5-4-7-15(18)14-23-17-9-2-1-3-10-17/h1-5,7,9-11,16,20H,6,8,12-14H2,(H,21,22). The van der Waals surface area contributed by atoms with Crippen LogP contribution >= 0.6 is 0 Å². The summed E-state index contributed by atoms with van der Waals surface area (Å²) in [5.74, 6) is 0.767. The molecule has 120 valence electrons. The molecule has 0 spiro atoms. The molecule has 4 nitrogen and oxygen atoms in total. The number of amides is 1. The first kappa shape index (κ1) is 15.6. The predicted molar refractivity (Wildman–Crippen MR) is 90.6 cm³/mol. The van der Waals surface area contributed by atoms with Crippen LogP contribution in [0.15, 0.2) is 54.6 Å². The zero-order valence-electron chi connectivity index (χ0n) is 13.1. The second kappa shape index (κ2) is 7.79. The van der Waals surface area contributed by atoms with Gasteiger partial charge in [-0.3, -0.25) is 4.79 Å². The minimum atomic E-state index is -0.0361. The Labute approximate surface area is 136 Å². The Morgan fingerprint density at radius 1 is 1.13 bits per heavy atom. The van der Waals surface area contributed by atoms with Crippen molar-refractivity contribution in [2.75, 3.05) is 13.1 Å². The number of ether oxygens (including phenoxy) is 1. The Hall–Kier alpha value is -2.33. The van der Waals surface area contributed by atoms with Crippen LogP contribution < -0.4 is 15.4 Å². The molecule has 1 heterocycles. The smallest absolute Gasteiger partial charge is 0.251 e. The van der Waals surface area contributed by atoms with Crippen molar-refractivity contribution in [3.63, 3.8) is 0 Å². The molecular weight excluding hydrogens is 288 g/mol. The number of para-hydroxylation sites is 1. The van der Waals surface area contributed by atoms with Crippen molar-refractivity contribution in [1.29, 1.82) is 0 Å². The van der Waals surface area contributed by atoms with Crippen LogP contribution in [0.1, 0.15) is 28.8 Å². The summed E-state index contributed by atoms with van der Waals surface area (Å²) in [6, 6.07) is 17.6. The van der Waals surface area contributed by atoms with Gasteiger partial charge in [0.25, 0.3) is 5.91 Å². The zero-order valence-corrected chi connectivity index (χ0v) is 13.1. The molecule has 1 atom stereocenters. The molecule has 0 aliphatic carbocycles. The molecule has 1 fully saturated rings. The summed E-state index contributed by atoms with van der Waals surface area (Å²) in [5.41, 5.74) is 1.58. The fourth-order valence-corrected chi connectivity index (χ4v) is 2.79. The topological polar surface area (TPSA) is 50.4 Å². The summed E-state index contributed by atoms with van der Waals surface area (Å²) in [6.45, 7) is 2.10. The second-order valence-electron chi connectivity index (χ2n) is 5.76. The number of carbonyl (C=O) groups is 1. The zero-order chi connectivity index (χ0) is 15.9. The maximum Gasteiger partial charge on any atom is 0.251 e. The first-order valence-corrected chi connectivity index (χ1v) is 8.10. The van der Waals surface area contributed by atoms with Crippen LogP contribution in [0.3, 0.4) is 0 Å². The first-order chi connectivity index (χ1) is 11.3. The van der Waals surface area contributed by atoms with Crippen molar-refractivity contribution >= 4 is 5.91 Å². The van der Waals surface area contributed by atoms with Gasteiger partial charge in [-0.1, -0.05) is 36.4 Å². The van der Waals surface area contributed by atoms with Crippen LogP contribution in [0.25, 0.3) is 0 Å². The van der Waals surface area contributed by atoms with Crippen molar-refractivity contribution < 1.29 is 9.53 Å². The van der Waals surface area contributed by atoms with Crippen LogP contribution in [0.5, 0.6) is 5.75 Å². The lowest BCUT2D eigenvalue weighted by atomic mass is 10.1. The molecule has 1 saturated heterocycles. The highest BCUT2D eigenvalue weighted by Crippen LogP contribution is 2.15. The van der Waals surface area contributed by atoms with Crippen molar-refractivity contribution in [3.8, 4) is 5.75 Å². The van der Waals surface area contributed by atoms with Gasteiger partial charge in [-0.05, 0) is 37.6 Å². The van der Waals surface area contributed by atoms with Crippen LogP contribution in [-0.2, 0) is 6.61 Å². The Bertz CT molecular complexity index is 637. The maximum atomic E-state index is 12.4. The van der Waals surface area contributed by atoms with Gasteiger partial charge in [-0.25, -0.2) is 0 Å². The van der Waals surface area contributed by atoms with Crippen molar-refractivity contribution in [2.45, 2.75) is 25.5 Å². The highest BCUT2D eigenvalue weighted by Gasteiger charge is 2.16. The number of rotatable bonds is 6. The number of hydrogen-bond acceptors (Lipinski definition) is 3. The third kappa shape index (κ3) is 4.33. The fourth-order valence-electron chi connectivity index (χ4n) is 2.79. The van der Waals surface area contributed by atoms with Crippen molar-refractivity contribution in [1.82, 2.24) is 10.6 Å². The number of benzene rings is 2. The minimum Gasteiger partial charge on any atom is -0.489 e. The van der Waals surface area contributed by atoms with E-state index in [2.05, 4.69) is 10.6 Å². The molecule has 3 rings (SSSR count). The van der Waals surface area contributed by atoms with Crippen LogP contribution in [0.4, 0.5) is 0 Å². The Morgan fingerprint density at radius 2 is 1.91 bits per heavy atom. The van der Waals surface area contributed by atoms with E-state index in [1.807, 2.05) is 54.6 Å². The fraction of sp³-hybridized carbons (Fsp3) is 0.316. The van der Waals surface area contributed by atoms with Gasteiger partial charge in [0.2, 0.25) is 0 Å². The van der Waals surface area contributed by atoms with Gasteiger partial charge in [-0.15, -0.1) is 0 Å². The predicted octanol–water partition coefficient (Wildman–Crippen LogP) is 2.75. The van der Waals surface area contributed by atoms with Crippen LogP contribution in [0.2, 0.25) is 0 Å². The molecule has 2 aromatic carbocycles. The van der Waals surface area contributed by atoms with E-state index < -0.39 is 0 Å². The van der Waals surface area contributed by atoms with Crippen molar-refractivity contribution in [3.05, 3.63) is 65.7 Å². The molecule has 1 aliphatic heterocycles. The molecule has 4 heteroatoms. The average Bonchev–Trinajstić information content (AvgIpc) is 3.12. The quantitative estimate of drug-likeness (QED) is 0.862. The van der Waals surface area contributed by atoms with Gasteiger partial charge >= 0.3 is 0 Å². The van der Waals surface area contributed by atoms with Crippen LogP contribution in [-0.4, -0.2) is 25.0 Å². The highest BCUT2D eigenvalue weighted by atomic mass is 16.5.